The zero-order valence-corrected chi connectivity index (χ0v) is 16.2. The second-order valence-corrected chi connectivity index (χ2v) is 8.18. The summed E-state index contributed by atoms with van der Waals surface area (Å²) in [7, 11) is 0. The summed E-state index contributed by atoms with van der Waals surface area (Å²) in [5.41, 5.74) is 2.25. The lowest BCUT2D eigenvalue weighted by Crippen LogP contribution is -2.43. The first-order valence-corrected chi connectivity index (χ1v) is 9.82. The fourth-order valence-corrected chi connectivity index (χ4v) is 4.41. The Morgan fingerprint density at radius 1 is 1.12 bits per heavy atom. The molecule has 2 atom stereocenters. The molecule has 0 N–H and O–H groups in total. The Balaban J connectivity index is 1.70. The number of benzene rings is 1. The van der Waals surface area contributed by atoms with Crippen molar-refractivity contribution >= 4 is 17.7 Å². The second kappa shape index (κ2) is 7.60. The van der Waals surface area contributed by atoms with Crippen LogP contribution in [0.25, 0.3) is 5.69 Å². The Labute approximate surface area is 153 Å². The molecule has 1 aromatic heterocycles. The Morgan fingerprint density at radius 3 is 2.40 bits per heavy atom. The van der Waals surface area contributed by atoms with Gasteiger partial charge in [-0.25, -0.2) is 0 Å². The van der Waals surface area contributed by atoms with Gasteiger partial charge in [0, 0.05) is 18.8 Å². The number of carbonyl (C=O) groups is 1. The van der Waals surface area contributed by atoms with Crippen LogP contribution in [0.4, 0.5) is 0 Å². The molecule has 0 bridgehead atoms. The van der Waals surface area contributed by atoms with Crippen molar-refractivity contribution in [3.63, 3.8) is 0 Å². The molecule has 2 aromatic rings. The highest BCUT2D eigenvalue weighted by molar-refractivity contribution is 7.99. The molecule has 25 heavy (non-hydrogen) atoms. The van der Waals surface area contributed by atoms with Gasteiger partial charge in [-0.1, -0.05) is 43.3 Å². The van der Waals surface area contributed by atoms with Crippen LogP contribution in [0.15, 0.2) is 29.4 Å². The molecule has 1 fully saturated rings. The molecular weight excluding hydrogens is 332 g/mol. The summed E-state index contributed by atoms with van der Waals surface area (Å²) in [4.78, 5) is 14.6. The minimum Gasteiger partial charge on any atom is -0.341 e. The van der Waals surface area contributed by atoms with Gasteiger partial charge in [-0.15, -0.1) is 10.2 Å². The molecule has 1 amide bonds. The molecule has 0 radical (unpaired) electrons. The van der Waals surface area contributed by atoms with Crippen LogP contribution in [0.5, 0.6) is 0 Å². The van der Waals surface area contributed by atoms with E-state index in [1.54, 1.807) is 0 Å². The molecule has 1 aliphatic rings. The van der Waals surface area contributed by atoms with Crippen molar-refractivity contribution in [2.24, 2.45) is 11.8 Å². The van der Waals surface area contributed by atoms with Gasteiger partial charge in [0.15, 0.2) is 5.16 Å². The highest BCUT2D eigenvalue weighted by Gasteiger charge is 2.25. The predicted octanol–water partition coefficient (Wildman–Crippen LogP) is 3.48. The first kappa shape index (κ1) is 18.0. The monoisotopic (exact) mass is 358 g/mol. The minimum atomic E-state index is 0.194. The Bertz CT molecular complexity index is 730. The Morgan fingerprint density at radius 2 is 1.76 bits per heavy atom. The van der Waals surface area contributed by atoms with Crippen LogP contribution in [0, 0.1) is 25.7 Å². The third kappa shape index (κ3) is 4.24. The number of carbonyl (C=O) groups excluding carboxylic acids is 1. The molecule has 1 saturated heterocycles. The fraction of sp³-hybridized carbons (Fsp3) is 0.526. The molecule has 2 heterocycles. The maximum atomic E-state index is 12.6. The summed E-state index contributed by atoms with van der Waals surface area (Å²) in [6.45, 7) is 10.2. The average Bonchev–Trinajstić information content (AvgIpc) is 2.93. The van der Waals surface area contributed by atoms with E-state index in [1.807, 2.05) is 16.4 Å². The first-order chi connectivity index (χ1) is 11.9. The van der Waals surface area contributed by atoms with Crippen molar-refractivity contribution in [2.75, 3.05) is 18.8 Å². The third-order valence-corrected chi connectivity index (χ3v) is 5.55. The maximum absolute atomic E-state index is 12.6. The summed E-state index contributed by atoms with van der Waals surface area (Å²) < 4.78 is 2.01. The quantitative estimate of drug-likeness (QED) is 0.785. The fourth-order valence-electron chi connectivity index (χ4n) is 3.51. The summed E-state index contributed by atoms with van der Waals surface area (Å²) >= 11 is 1.47. The molecule has 134 valence electrons. The first-order valence-electron chi connectivity index (χ1n) is 8.83. The highest BCUT2D eigenvalue weighted by Crippen LogP contribution is 2.25. The van der Waals surface area contributed by atoms with Gasteiger partial charge in [-0.05, 0) is 44.2 Å². The second-order valence-electron chi connectivity index (χ2n) is 7.23. The standard InChI is InChI=1S/C19H26N4OS/c1-13-5-7-17(8-6-13)23-16(4)20-21-19(23)25-12-18(24)22-10-14(2)9-15(3)11-22/h5-8,14-15H,9-12H2,1-4H3/t14-,15+. The van der Waals surface area contributed by atoms with Crippen LogP contribution in [0.1, 0.15) is 31.7 Å². The number of thioether (sulfide) groups is 1. The van der Waals surface area contributed by atoms with Crippen molar-refractivity contribution in [1.82, 2.24) is 19.7 Å². The Hall–Kier alpha value is -1.82. The van der Waals surface area contributed by atoms with Gasteiger partial charge in [0.25, 0.3) is 0 Å². The number of aromatic nitrogens is 3. The summed E-state index contributed by atoms with van der Waals surface area (Å²) in [5, 5.41) is 9.24. The molecule has 5 nitrogen and oxygen atoms in total. The van der Waals surface area contributed by atoms with E-state index >= 15 is 0 Å². The zero-order valence-electron chi connectivity index (χ0n) is 15.4. The average molecular weight is 359 g/mol. The lowest BCUT2D eigenvalue weighted by Gasteiger charge is -2.34. The van der Waals surface area contributed by atoms with E-state index in [0.29, 0.717) is 17.6 Å². The van der Waals surface area contributed by atoms with Gasteiger partial charge < -0.3 is 4.90 Å². The van der Waals surface area contributed by atoms with Crippen molar-refractivity contribution < 1.29 is 4.79 Å². The molecule has 0 saturated carbocycles. The van der Waals surface area contributed by atoms with Crippen LogP contribution < -0.4 is 0 Å². The zero-order chi connectivity index (χ0) is 18.0. The molecule has 0 unspecified atom stereocenters. The molecule has 1 aliphatic heterocycles. The molecule has 1 aromatic carbocycles. The van der Waals surface area contributed by atoms with E-state index < -0.39 is 0 Å². The predicted molar refractivity (Wildman–Crippen MR) is 101 cm³/mol. The lowest BCUT2D eigenvalue weighted by atomic mass is 9.92. The maximum Gasteiger partial charge on any atom is 0.233 e. The molecule has 0 aliphatic carbocycles. The number of amides is 1. The van der Waals surface area contributed by atoms with Gasteiger partial charge in [0.2, 0.25) is 5.91 Å². The van der Waals surface area contributed by atoms with Gasteiger partial charge in [0.1, 0.15) is 5.82 Å². The van der Waals surface area contributed by atoms with E-state index in [2.05, 4.69) is 55.2 Å². The number of aryl methyl sites for hydroxylation is 2. The number of rotatable bonds is 4. The number of hydrogen-bond acceptors (Lipinski definition) is 4. The van der Waals surface area contributed by atoms with E-state index in [9.17, 15) is 4.79 Å². The molecule has 6 heteroatoms. The highest BCUT2D eigenvalue weighted by atomic mass is 32.2. The van der Waals surface area contributed by atoms with Crippen LogP contribution in [-0.4, -0.2) is 44.4 Å². The van der Waals surface area contributed by atoms with E-state index in [-0.39, 0.29) is 5.91 Å². The van der Waals surface area contributed by atoms with Crippen LogP contribution in [0.2, 0.25) is 0 Å². The van der Waals surface area contributed by atoms with Crippen molar-refractivity contribution in [2.45, 2.75) is 39.3 Å². The molecular formula is C19H26N4OS. The van der Waals surface area contributed by atoms with Crippen molar-refractivity contribution in [3.05, 3.63) is 35.7 Å². The smallest absolute Gasteiger partial charge is 0.233 e. The van der Waals surface area contributed by atoms with Crippen molar-refractivity contribution in [3.8, 4) is 5.69 Å². The van der Waals surface area contributed by atoms with Crippen LogP contribution >= 0.6 is 11.8 Å². The van der Waals surface area contributed by atoms with E-state index in [4.69, 9.17) is 0 Å². The summed E-state index contributed by atoms with van der Waals surface area (Å²) in [5.74, 6) is 2.59. The normalized spacial score (nSPS) is 20.7. The minimum absolute atomic E-state index is 0.194. The largest absolute Gasteiger partial charge is 0.341 e. The topological polar surface area (TPSA) is 51.0 Å². The van der Waals surface area contributed by atoms with E-state index in [1.165, 1.54) is 23.7 Å². The molecule has 3 rings (SSSR count). The van der Waals surface area contributed by atoms with Crippen LogP contribution in [0.3, 0.4) is 0 Å². The van der Waals surface area contributed by atoms with E-state index in [0.717, 1.165) is 29.8 Å². The Kier molecular flexibility index (Phi) is 5.47. The third-order valence-electron chi connectivity index (χ3n) is 4.63. The summed E-state index contributed by atoms with van der Waals surface area (Å²) in [6.07, 6.45) is 1.21. The van der Waals surface area contributed by atoms with Crippen LogP contribution in [-0.2, 0) is 4.79 Å². The van der Waals surface area contributed by atoms with Gasteiger partial charge in [0.05, 0.1) is 5.75 Å². The van der Waals surface area contributed by atoms with Gasteiger partial charge in [-0.3, -0.25) is 9.36 Å². The SMILES string of the molecule is Cc1ccc(-n2c(C)nnc2SCC(=O)N2C[C@H](C)C[C@H](C)C2)cc1. The number of likely N-dealkylation sites (tertiary alicyclic amines) is 1. The van der Waals surface area contributed by atoms with Gasteiger partial charge in [-0.2, -0.15) is 0 Å². The lowest BCUT2D eigenvalue weighted by molar-refractivity contribution is -0.130. The summed E-state index contributed by atoms with van der Waals surface area (Å²) in [6, 6.07) is 8.27. The number of nitrogens with zero attached hydrogens (tertiary/aromatic N) is 4. The van der Waals surface area contributed by atoms with Crippen molar-refractivity contribution in [1.29, 1.82) is 0 Å². The van der Waals surface area contributed by atoms with Gasteiger partial charge >= 0.3 is 0 Å². The number of piperidine rings is 1. The molecule has 0 spiro atoms. The number of hydrogen-bond donors (Lipinski definition) is 0.